The number of anilines is 1. The Morgan fingerprint density at radius 1 is 1.45 bits per heavy atom. The number of hydrogen-bond acceptors (Lipinski definition) is 6. The monoisotopic (exact) mass is 290 g/mol. The Bertz CT molecular complexity index is 595. The molecule has 20 heavy (non-hydrogen) atoms. The van der Waals surface area contributed by atoms with Crippen molar-refractivity contribution in [3.63, 3.8) is 0 Å². The van der Waals surface area contributed by atoms with Crippen LogP contribution in [0.1, 0.15) is 27.8 Å². The Labute approximate surface area is 120 Å². The number of carbonyl (C=O) groups excluding carboxylic acids is 1. The molecule has 1 atom stereocenters. The molecule has 1 aliphatic rings. The molecular weight excluding hydrogens is 276 g/mol. The van der Waals surface area contributed by atoms with Crippen LogP contribution in [-0.2, 0) is 4.74 Å². The first-order valence-corrected chi connectivity index (χ1v) is 7.17. The summed E-state index contributed by atoms with van der Waals surface area (Å²) < 4.78 is 5.35. The molecule has 2 aromatic rings. The third-order valence-corrected chi connectivity index (χ3v) is 4.35. The van der Waals surface area contributed by atoms with Crippen molar-refractivity contribution in [1.82, 2.24) is 15.2 Å². The number of pyridine rings is 1. The van der Waals surface area contributed by atoms with Crippen LogP contribution >= 0.6 is 11.3 Å². The Balaban J connectivity index is 1.77. The molecule has 0 aliphatic carbocycles. The topological polar surface area (TPSA) is 68.2 Å². The Hall–Kier alpha value is -1.86. The minimum atomic E-state index is -0.184. The van der Waals surface area contributed by atoms with Crippen LogP contribution in [0, 0.1) is 0 Å². The Morgan fingerprint density at radius 2 is 2.35 bits per heavy atom. The summed E-state index contributed by atoms with van der Waals surface area (Å²) in [5.41, 5.74) is 0.399. The molecule has 0 saturated carbocycles. The number of ether oxygens (including phenoxy) is 1. The van der Waals surface area contributed by atoms with Crippen LogP contribution < -0.4 is 4.90 Å². The summed E-state index contributed by atoms with van der Waals surface area (Å²) in [6, 6.07) is 5.25. The lowest BCUT2D eigenvalue weighted by Crippen LogP contribution is -2.26. The standard InChI is InChI=1S/C13H14N4O2S/c1-17(12(18)10-4-2-3-6-14-10)13-16-15-11(20-13)9-5-7-19-8-9/h2-4,6,9H,5,7-8H2,1H3/t9-/m1/s1. The minimum Gasteiger partial charge on any atom is -0.381 e. The molecule has 0 radical (unpaired) electrons. The van der Waals surface area contributed by atoms with Crippen molar-refractivity contribution < 1.29 is 9.53 Å². The molecule has 3 heterocycles. The lowest BCUT2D eigenvalue weighted by atomic mass is 10.1. The van der Waals surface area contributed by atoms with Gasteiger partial charge in [0.15, 0.2) is 0 Å². The highest BCUT2D eigenvalue weighted by Crippen LogP contribution is 2.30. The number of carbonyl (C=O) groups is 1. The molecular formula is C13H14N4O2S. The van der Waals surface area contributed by atoms with E-state index < -0.39 is 0 Å². The molecule has 7 heteroatoms. The van der Waals surface area contributed by atoms with Crippen molar-refractivity contribution in [3.8, 4) is 0 Å². The molecule has 6 nitrogen and oxygen atoms in total. The molecule has 1 amide bonds. The van der Waals surface area contributed by atoms with Gasteiger partial charge in [0.25, 0.3) is 5.91 Å². The fourth-order valence-electron chi connectivity index (χ4n) is 2.00. The van der Waals surface area contributed by atoms with Gasteiger partial charge in [0, 0.05) is 25.8 Å². The third-order valence-electron chi connectivity index (χ3n) is 3.18. The SMILES string of the molecule is CN(C(=O)c1ccccn1)c1nnc([C@@H]2CCOC2)s1. The highest BCUT2D eigenvalue weighted by molar-refractivity contribution is 7.15. The Kier molecular flexibility index (Phi) is 3.70. The van der Waals surface area contributed by atoms with Gasteiger partial charge < -0.3 is 4.74 Å². The average molecular weight is 290 g/mol. The van der Waals surface area contributed by atoms with Crippen LogP contribution in [0.5, 0.6) is 0 Å². The zero-order valence-electron chi connectivity index (χ0n) is 11.0. The predicted molar refractivity (Wildman–Crippen MR) is 75.1 cm³/mol. The second kappa shape index (κ2) is 5.64. The van der Waals surface area contributed by atoms with Crippen LogP contribution in [0.15, 0.2) is 24.4 Å². The largest absolute Gasteiger partial charge is 0.381 e. The number of aromatic nitrogens is 3. The number of rotatable bonds is 3. The van der Waals surface area contributed by atoms with E-state index in [4.69, 9.17) is 4.74 Å². The molecule has 2 aromatic heterocycles. The average Bonchev–Trinajstić information content (AvgIpc) is 3.17. The minimum absolute atomic E-state index is 0.184. The first kappa shape index (κ1) is 13.1. The number of hydrogen-bond donors (Lipinski definition) is 0. The molecule has 0 N–H and O–H groups in total. The highest BCUT2D eigenvalue weighted by Gasteiger charge is 2.24. The second-order valence-corrected chi connectivity index (χ2v) is 5.55. The van der Waals surface area contributed by atoms with Gasteiger partial charge in [-0.15, -0.1) is 10.2 Å². The predicted octanol–water partition coefficient (Wildman–Crippen LogP) is 1.71. The maximum Gasteiger partial charge on any atom is 0.278 e. The van der Waals surface area contributed by atoms with E-state index in [1.807, 2.05) is 0 Å². The normalized spacial score (nSPS) is 18.1. The number of amides is 1. The van der Waals surface area contributed by atoms with E-state index in [0.717, 1.165) is 18.0 Å². The fourth-order valence-corrected chi connectivity index (χ4v) is 2.93. The Morgan fingerprint density at radius 3 is 3.05 bits per heavy atom. The van der Waals surface area contributed by atoms with E-state index in [0.29, 0.717) is 23.4 Å². The van der Waals surface area contributed by atoms with E-state index in [1.165, 1.54) is 16.2 Å². The summed E-state index contributed by atoms with van der Waals surface area (Å²) in [6.07, 6.45) is 2.56. The lowest BCUT2D eigenvalue weighted by Gasteiger charge is -2.11. The molecule has 1 saturated heterocycles. The van der Waals surface area contributed by atoms with Gasteiger partial charge in [-0.25, -0.2) is 0 Å². The molecule has 0 spiro atoms. The van der Waals surface area contributed by atoms with Gasteiger partial charge >= 0.3 is 0 Å². The maximum atomic E-state index is 12.3. The van der Waals surface area contributed by atoms with Crippen LogP contribution in [-0.4, -0.2) is 41.3 Å². The second-order valence-electron chi connectivity index (χ2n) is 4.56. The van der Waals surface area contributed by atoms with Crippen molar-refractivity contribution >= 4 is 22.4 Å². The summed E-state index contributed by atoms with van der Waals surface area (Å²) in [7, 11) is 1.69. The van der Waals surface area contributed by atoms with E-state index >= 15 is 0 Å². The van der Waals surface area contributed by atoms with E-state index in [9.17, 15) is 4.79 Å². The van der Waals surface area contributed by atoms with Crippen molar-refractivity contribution in [2.45, 2.75) is 12.3 Å². The summed E-state index contributed by atoms with van der Waals surface area (Å²) in [5, 5.41) is 9.78. The highest BCUT2D eigenvalue weighted by atomic mass is 32.1. The first-order valence-electron chi connectivity index (χ1n) is 6.36. The van der Waals surface area contributed by atoms with Crippen LogP contribution in [0.25, 0.3) is 0 Å². The lowest BCUT2D eigenvalue weighted by molar-refractivity contribution is 0.0988. The van der Waals surface area contributed by atoms with Crippen molar-refractivity contribution in [2.75, 3.05) is 25.2 Å². The van der Waals surface area contributed by atoms with Gasteiger partial charge in [-0.2, -0.15) is 0 Å². The molecule has 104 valence electrons. The molecule has 0 aromatic carbocycles. The molecule has 0 bridgehead atoms. The van der Waals surface area contributed by atoms with Crippen molar-refractivity contribution in [1.29, 1.82) is 0 Å². The molecule has 3 rings (SSSR count). The van der Waals surface area contributed by atoms with E-state index in [2.05, 4.69) is 15.2 Å². The first-order chi connectivity index (χ1) is 9.75. The van der Waals surface area contributed by atoms with E-state index in [-0.39, 0.29) is 5.91 Å². The van der Waals surface area contributed by atoms with Gasteiger partial charge in [-0.3, -0.25) is 14.7 Å². The van der Waals surface area contributed by atoms with Crippen LogP contribution in [0.3, 0.4) is 0 Å². The van der Waals surface area contributed by atoms with E-state index in [1.54, 1.807) is 31.4 Å². The van der Waals surface area contributed by atoms with Gasteiger partial charge in [0.2, 0.25) is 5.13 Å². The molecule has 0 unspecified atom stereocenters. The molecule has 1 aliphatic heterocycles. The summed E-state index contributed by atoms with van der Waals surface area (Å²) in [4.78, 5) is 17.8. The van der Waals surface area contributed by atoms with Crippen LogP contribution in [0.4, 0.5) is 5.13 Å². The molecule has 1 fully saturated rings. The zero-order valence-corrected chi connectivity index (χ0v) is 11.8. The van der Waals surface area contributed by atoms with Gasteiger partial charge in [0.1, 0.15) is 10.7 Å². The van der Waals surface area contributed by atoms with Gasteiger partial charge in [-0.1, -0.05) is 17.4 Å². The quantitative estimate of drug-likeness (QED) is 0.861. The third kappa shape index (κ3) is 2.54. The summed E-state index contributed by atoms with van der Waals surface area (Å²) in [6.45, 7) is 1.45. The van der Waals surface area contributed by atoms with Crippen molar-refractivity contribution in [3.05, 3.63) is 35.1 Å². The maximum absolute atomic E-state index is 12.3. The summed E-state index contributed by atoms with van der Waals surface area (Å²) >= 11 is 1.44. The van der Waals surface area contributed by atoms with Gasteiger partial charge in [-0.05, 0) is 18.6 Å². The van der Waals surface area contributed by atoms with Crippen molar-refractivity contribution in [2.24, 2.45) is 0 Å². The zero-order chi connectivity index (χ0) is 13.9. The van der Waals surface area contributed by atoms with Gasteiger partial charge in [0.05, 0.1) is 6.61 Å². The number of nitrogens with zero attached hydrogens (tertiary/aromatic N) is 4. The van der Waals surface area contributed by atoms with Crippen LogP contribution in [0.2, 0.25) is 0 Å². The summed E-state index contributed by atoms with van der Waals surface area (Å²) in [5.74, 6) is 0.121. The smallest absolute Gasteiger partial charge is 0.278 e. The fraction of sp³-hybridized carbons (Fsp3) is 0.385.